The number of hydrogen-bond donors (Lipinski definition) is 1. The van der Waals surface area contributed by atoms with Gasteiger partial charge in [-0.25, -0.2) is 4.98 Å². The van der Waals surface area contributed by atoms with E-state index in [0.29, 0.717) is 5.41 Å². The minimum atomic E-state index is 0.146. The van der Waals surface area contributed by atoms with Gasteiger partial charge in [-0.05, 0) is 50.2 Å². The Balaban J connectivity index is 1.94. The maximum Gasteiger partial charge on any atom is 0.128 e. The van der Waals surface area contributed by atoms with Gasteiger partial charge in [0.05, 0.1) is 0 Å². The van der Waals surface area contributed by atoms with E-state index in [1.165, 1.54) is 12.0 Å². The summed E-state index contributed by atoms with van der Waals surface area (Å²) in [6, 6.07) is 4.37. The fourth-order valence-corrected chi connectivity index (χ4v) is 2.75. The molecule has 1 aliphatic heterocycles. The molecule has 1 N–H and O–H groups in total. The second kappa shape index (κ2) is 5.96. The second-order valence-electron chi connectivity index (χ2n) is 8.43. The zero-order valence-corrected chi connectivity index (χ0v) is 14.5. The van der Waals surface area contributed by atoms with Crippen molar-refractivity contribution in [2.45, 2.75) is 60.0 Å². The number of rotatable bonds is 3. The molecule has 0 aliphatic carbocycles. The average molecular weight is 289 g/mol. The van der Waals surface area contributed by atoms with Gasteiger partial charge in [-0.15, -0.1) is 0 Å². The van der Waals surface area contributed by atoms with Gasteiger partial charge in [0.2, 0.25) is 0 Å². The molecule has 0 bridgehead atoms. The van der Waals surface area contributed by atoms with Crippen molar-refractivity contribution in [3.63, 3.8) is 0 Å². The predicted molar refractivity (Wildman–Crippen MR) is 90.6 cm³/mol. The normalized spacial score (nSPS) is 20.1. The summed E-state index contributed by atoms with van der Waals surface area (Å²) in [6.07, 6.45) is 3.29. The van der Waals surface area contributed by atoms with E-state index in [4.69, 9.17) is 0 Å². The molecule has 0 aromatic carbocycles. The summed E-state index contributed by atoms with van der Waals surface area (Å²) in [6.45, 7) is 16.7. The van der Waals surface area contributed by atoms with Gasteiger partial charge in [0.15, 0.2) is 0 Å². The van der Waals surface area contributed by atoms with Crippen molar-refractivity contribution in [3.8, 4) is 0 Å². The molecule has 1 unspecified atom stereocenters. The molecule has 0 spiro atoms. The molecule has 21 heavy (non-hydrogen) atoms. The van der Waals surface area contributed by atoms with Gasteiger partial charge < -0.3 is 10.2 Å². The first-order valence-corrected chi connectivity index (χ1v) is 8.10. The predicted octanol–water partition coefficient (Wildman–Crippen LogP) is 3.84. The van der Waals surface area contributed by atoms with Crippen LogP contribution in [0.15, 0.2) is 18.3 Å². The molecule has 2 heterocycles. The van der Waals surface area contributed by atoms with E-state index < -0.39 is 0 Å². The Morgan fingerprint density at radius 2 is 1.90 bits per heavy atom. The minimum Gasteiger partial charge on any atom is -0.356 e. The van der Waals surface area contributed by atoms with Crippen LogP contribution in [0.1, 0.15) is 53.5 Å². The van der Waals surface area contributed by atoms with Crippen molar-refractivity contribution in [1.82, 2.24) is 10.3 Å². The minimum absolute atomic E-state index is 0.146. The Labute approximate surface area is 130 Å². The monoisotopic (exact) mass is 289 g/mol. The van der Waals surface area contributed by atoms with E-state index in [9.17, 15) is 0 Å². The highest BCUT2D eigenvalue weighted by atomic mass is 15.2. The van der Waals surface area contributed by atoms with Crippen molar-refractivity contribution in [3.05, 3.63) is 23.9 Å². The van der Waals surface area contributed by atoms with E-state index in [0.717, 1.165) is 31.4 Å². The second-order valence-corrected chi connectivity index (χ2v) is 8.43. The number of nitrogens with one attached hydrogen (secondary N) is 1. The van der Waals surface area contributed by atoms with Gasteiger partial charge in [0.1, 0.15) is 5.82 Å². The molecule has 1 aromatic rings. The fourth-order valence-electron chi connectivity index (χ4n) is 2.75. The molecule has 3 heteroatoms. The van der Waals surface area contributed by atoms with E-state index in [2.05, 4.69) is 68.9 Å². The lowest BCUT2D eigenvalue weighted by Gasteiger charge is -2.27. The summed E-state index contributed by atoms with van der Waals surface area (Å²) in [5.74, 6) is 1.89. The lowest BCUT2D eigenvalue weighted by Crippen LogP contribution is -2.35. The van der Waals surface area contributed by atoms with Crippen LogP contribution in [0.4, 0.5) is 5.82 Å². The van der Waals surface area contributed by atoms with Gasteiger partial charge in [-0.1, -0.05) is 26.8 Å². The summed E-state index contributed by atoms with van der Waals surface area (Å²) in [7, 11) is 0. The van der Waals surface area contributed by atoms with Crippen LogP contribution in [0.5, 0.6) is 0 Å². The van der Waals surface area contributed by atoms with Crippen LogP contribution in [0.3, 0.4) is 0 Å². The van der Waals surface area contributed by atoms with E-state index in [1.54, 1.807) is 0 Å². The van der Waals surface area contributed by atoms with Crippen LogP contribution < -0.4 is 10.2 Å². The summed E-state index contributed by atoms with van der Waals surface area (Å²) in [4.78, 5) is 7.09. The summed E-state index contributed by atoms with van der Waals surface area (Å²) < 4.78 is 0. The Morgan fingerprint density at radius 3 is 2.38 bits per heavy atom. The van der Waals surface area contributed by atoms with E-state index >= 15 is 0 Å². The first-order valence-electron chi connectivity index (χ1n) is 8.10. The van der Waals surface area contributed by atoms with Crippen LogP contribution in [-0.4, -0.2) is 23.6 Å². The van der Waals surface area contributed by atoms with Crippen molar-refractivity contribution < 1.29 is 0 Å². The molecule has 3 nitrogen and oxygen atoms in total. The SMILES string of the molecule is CC(C)(C)NCc1ccc(N2CCC(C(C)(C)C)C2)nc1. The molecule has 0 amide bonds. The van der Waals surface area contributed by atoms with Crippen molar-refractivity contribution in [1.29, 1.82) is 0 Å². The molecule has 1 aromatic heterocycles. The van der Waals surface area contributed by atoms with Crippen LogP contribution >= 0.6 is 0 Å². The third-order valence-electron chi connectivity index (χ3n) is 4.37. The van der Waals surface area contributed by atoms with Crippen LogP contribution in [-0.2, 0) is 6.54 Å². The molecule has 1 aliphatic rings. The summed E-state index contributed by atoms with van der Waals surface area (Å²) in [5, 5.41) is 3.50. The third-order valence-corrected chi connectivity index (χ3v) is 4.37. The van der Waals surface area contributed by atoms with Gasteiger partial charge in [0.25, 0.3) is 0 Å². The molecular weight excluding hydrogens is 258 g/mol. The lowest BCUT2D eigenvalue weighted by molar-refractivity contribution is 0.263. The highest BCUT2D eigenvalue weighted by Crippen LogP contribution is 2.35. The Kier molecular flexibility index (Phi) is 4.62. The first kappa shape index (κ1) is 16.3. The van der Waals surface area contributed by atoms with Crippen molar-refractivity contribution in [2.24, 2.45) is 11.3 Å². The standard InChI is InChI=1S/C18H31N3/c1-17(2,3)15-9-10-21(13-15)16-8-7-14(11-19-16)12-20-18(4,5)6/h7-8,11,15,20H,9-10,12-13H2,1-6H3. The zero-order valence-electron chi connectivity index (χ0n) is 14.5. The first-order chi connectivity index (χ1) is 9.65. The number of pyridine rings is 1. The largest absolute Gasteiger partial charge is 0.356 e. The van der Waals surface area contributed by atoms with Crippen LogP contribution in [0.25, 0.3) is 0 Å². The zero-order chi connectivity index (χ0) is 15.7. The molecule has 1 atom stereocenters. The van der Waals surface area contributed by atoms with Crippen LogP contribution in [0, 0.1) is 11.3 Å². The van der Waals surface area contributed by atoms with Gasteiger partial charge in [-0.2, -0.15) is 0 Å². The Hall–Kier alpha value is -1.09. The highest BCUT2D eigenvalue weighted by Gasteiger charge is 2.32. The maximum absolute atomic E-state index is 4.66. The Morgan fingerprint density at radius 1 is 1.19 bits per heavy atom. The van der Waals surface area contributed by atoms with Crippen molar-refractivity contribution in [2.75, 3.05) is 18.0 Å². The number of aromatic nitrogens is 1. The van der Waals surface area contributed by atoms with Gasteiger partial charge in [0, 0.05) is 31.4 Å². The van der Waals surface area contributed by atoms with Crippen LogP contribution in [0.2, 0.25) is 0 Å². The molecular formula is C18H31N3. The highest BCUT2D eigenvalue weighted by molar-refractivity contribution is 5.40. The van der Waals surface area contributed by atoms with E-state index in [-0.39, 0.29) is 5.54 Å². The quantitative estimate of drug-likeness (QED) is 0.916. The number of hydrogen-bond acceptors (Lipinski definition) is 3. The average Bonchev–Trinajstić information content (AvgIpc) is 2.85. The topological polar surface area (TPSA) is 28.2 Å². The molecule has 118 valence electrons. The Bertz CT molecular complexity index is 451. The molecule has 2 rings (SSSR count). The number of anilines is 1. The molecule has 0 saturated carbocycles. The molecule has 1 saturated heterocycles. The third kappa shape index (κ3) is 4.70. The smallest absolute Gasteiger partial charge is 0.128 e. The van der Waals surface area contributed by atoms with E-state index in [1.807, 2.05) is 6.20 Å². The molecule has 1 fully saturated rings. The maximum atomic E-state index is 4.66. The van der Waals surface area contributed by atoms with Gasteiger partial charge in [-0.3, -0.25) is 0 Å². The summed E-state index contributed by atoms with van der Waals surface area (Å²) in [5.41, 5.74) is 1.79. The summed E-state index contributed by atoms with van der Waals surface area (Å²) >= 11 is 0. The molecule has 0 radical (unpaired) electrons. The fraction of sp³-hybridized carbons (Fsp3) is 0.722. The lowest BCUT2D eigenvalue weighted by atomic mass is 9.80. The van der Waals surface area contributed by atoms with Gasteiger partial charge >= 0.3 is 0 Å². The van der Waals surface area contributed by atoms with Crippen molar-refractivity contribution >= 4 is 5.82 Å². The number of nitrogens with zero attached hydrogens (tertiary/aromatic N) is 2.